The van der Waals surface area contributed by atoms with Crippen LogP contribution in [0.5, 0.6) is 11.5 Å². The average Bonchev–Trinajstić information content (AvgIpc) is 3.57. The molecule has 0 aliphatic carbocycles. The van der Waals surface area contributed by atoms with Crippen molar-refractivity contribution in [1.29, 1.82) is 0 Å². The molecule has 3 aliphatic rings. The summed E-state index contributed by atoms with van der Waals surface area (Å²) in [6.07, 6.45) is 2.32. The summed E-state index contributed by atoms with van der Waals surface area (Å²) in [6.45, 7) is 5.83. The van der Waals surface area contributed by atoms with Crippen LogP contribution in [0.25, 0.3) is 0 Å². The van der Waals surface area contributed by atoms with Gasteiger partial charge < -0.3 is 33.2 Å². The van der Waals surface area contributed by atoms with Crippen LogP contribution in [0.4, 0.5) is 0 Å². The molecule has 0 bridgehead atoms. The predicted molar refractivity (Wildman–Crippen MR) is 96.8 cm³/mol. The first kappa shape index (κ1) is 19.0. The molecule has 4 rings (SSSR count). The first-order valence-corrected chi connectivity index (χ1v) is 9.77. The zero-order valence-corrected chi connectivity index (χ0v) is 15.7. The van der Waals surface area contributed by atoms with Crippen LogP contribution in [-0.4, -0.2) is 78.3 Å². The minimum Gasteiger partial charge on any atom is -0.487 e. The molecule has 0 amide bonds. The first-order chi connectivity index (χ1) is 13.4. The maximum atomic E-state index is 6.14. The largest absolute Gasteiger partial charge is 0.487 e. The van der Waals surface area contributed by atoms with Gasteiger partial charge in [-0.2, -0.15) is 0 Å². The molecule has 0 spiro atoms. The van der Waals surface area contributed by atoms with Crippen LogP contribution < -0.4 is 9.47 Å². The van der Waals surface area contributed by atoms with Gasteiger partial charge in [-0.1, -0.05) is 6.07 Å². The van der Waals surface area contributed by atoms with Crippen molar-refractivity contribution in [3.8, 4) is 11.5 Å². The highest BCUT2D eigenvalue weighted by Gasteiger charge is 2.30. The third-order valence-corrected chi connectivity index (χ3v) is 4.71. The monoisotopic (exact) mass is 380 g/mol. The van der Waals surface area contributed by atoms with Gasteiger partial charge in [0.15, 0.2) is 11.5 Å². The predicted octanol–water partition coefficient (Wildman–Crippen LogP) is 1.39. The zero-order chi connectivity index (χ0) is 18.3. The van der Waals surface area contributed by atoms with Crippen molar-refractivity contribution in [1.82, 2.24) is 0 Å². The fourth-order valence-corrected chi connectivity index (χ4v) is 3.13. The third kappa shape index (κ3) is 6.05. The van der Waals surface area contributed by atoms with E-state index in [1.807, 2.05) is 6.07 Å². The van der Waals surface area contributed by atoms with Crippen LogP contribution in [0.2, 0.25) is 0 Å². The molecule has 0 unspecified atom stereocenters. The van der Waals surface area contributed by atoms with Crippen LogP contribution in [0.3, 0.4) is 0 Å². The lowest BCUT2D eigenvalue weighted by Gasteiger charge is -2.19. The average molecular weight is 380 g/mol. The second-order valence-electron chi connectivity index (χ2n) is 6.88. The minimum absolute atomic E-state index is 0.271. The Bertz CT molecular complexity index is 598. The van der Waals surface area contributed by atoms with E-state index in [2.05, 4.69) is 6.07 Å². The molecule has 1 aromatic carbocycles. The maximum absolute atomic E-state index is 6.14. The van der Waals surface area contributed by atoms with Crippen LogP contribution in [0.1, 0.15) is 11.1 Å². The summed E-state index contributed by atoms with van der Waals surface area (Å²) in [5, 5.41) is 0. The molecular weight excluding hydrogens is 352 g/mol. The SMILES string of the molecule is c1cc2c(c(C[C@@H]3CO3)c1C[C@H]1CO1)OCCOCCOCCOCCO2. The van der Waals surface area contributed by atoms with Crippen LogP contribution in [0, 0.1) is 0 Å². The van der Waals surface area contributed by atoms with Crippen molar-refractivity contribution in [2.45, 2.75) is 25.0 Å². The van der Waals surface area contributed by atoms with Crippen molar-refractivity contribution >= 4 is 0 Å². The molecule has 0 radical (unpaired) electrons. The van der Waals surface area contributed by atoms with Gasteiger partial charge in [0.2, 0.25) is 0 Å². The van der Waals surface area contributed by atoms with Gasteiger partial charge in [-0.25, -0.2) is 0 Å². The lowest BCUT2D eigenvalue weighted by atomic mass is 9.97. The highest BCUT2D eigenvalue weighted by molar-refractivity contribution is 5.52. The molecule has 1 aromatic rings. The van der Waals surface area contributed by atoms with Crippen molar-refractivity contribution < 1.29 is 33.2 Å². The van der Waals surface area contributed by atoms with Gasteiger partial charge >= 0.3 is 0 Å². The molecule has 0 aromatic heterocycles. The van der Waals surface area contributed by atoms with Gasteiger partial charge in [0.05, 0.1) is 65.1 Å². The molecule has 2 saturated heterocycles. The van der Waals surface area contributed by atoms with Crippen LogP contribution in [0.15, 0.2) is 12.1 Å². The Kier molecular flexibility index (Phi) is 6.81. The van der Waals surface area contributed by atoms with Crippen molar-refractivity contribution in [3.63, 3.8) is 0 Å². The number of fused-ring (bicyclic) bond motifs is 1. The van der Waals surface area contributed by atoms with Crippen molar-refractivity contribution in [2.75, 3.05) is 66.1 Å². The molecule has 2 fully saturated rings. The number of epoxide rings is 2. The summed E-state index contributed by atoms with van der Waals surface area (Å²) in [5.41, 5.74) is 2.41. The summed E-state index contributed by atoms with van der Waals surface area (Å²) in [7, 11) is 0. The Hall–Kier alpha value is -1.38. The van der Waals surface area contributed by atoms with Gasteiger partial charge in [0.25, 0.3) is 0 Å². The first-order valence-electron chi connectivity index (χ1n) is 9.77. The highest BCUT2D eigenvalue weighted by Crippen LogP contribution is 2.38. The molecule has 0 saturated carbocycles. The van der Waals surface area contributed by atoms with E-state index in [1.54, 1.807) is 0 Å². The Balaban J connectivity index is 1.51. The van der Waals surface area contributed by atoms with Gasteiger partial charge in [0, 0.05) is 18.4 Å². The van der Waals surface area contributed by atoms with E-state index >= 15 is 0 Å². The number of ether oxygens (including phenoxy) is 7. The van der Waals surface area contributed by atoms with Gasteiger partial charge in [-0.05, 0) is 11.6 Å². The van der Waals surface area contributed by atoms with Gasteiger partial charge in [0.1, 0.15) is 13.2 Å². The zero-order valence-electron chi connectivity index (χ0n) is 15.7. The molecule has 3 heterocycles. The van der Waals surface area contributed by atoms with Crippen molar-refractivity contribution in [3.05, 3.63) is 23.3 Å². The van der Waals surface area contributed by atoms with Gasteiger partial charge in [-0.15, -0.1) is 0 Å². The van der Waals surface area contributed by atoms with E-state index in [4.69, 9.17) is 33.2 Å². The Morgan fingerprint density at radius 2 is 1.22 bits per heavy atom. The van der Waals surface area contributed by atoms with Crippen LogP contribution >= 0.6 is 0 Å². The summed E-state index contributed by atoms with van der Waals surface area (Å²) in [5.74, 6) is 1.55. The summed E-state index contributed by atoms with van der Waals surface area (Å²) < 4.78 is 39.6. The molecule has 2 atom stereocenters. The standard InChI is InChI=1S/C20H28O7/c1-2-19-20(18(12-17-14-27-17)15(1)11-16-13-26-16)25-10-8-23-6-4-21-3-5-22-7-9-24-19/h1-2,16-17H,3-14H2/t16-,17+/m0/s1. The van der Waals surface area contributed by atoms with Crippen LogP contribution in [-0.2, 0) is 36.5 Å². The maximum Gasteiger partial charge on any atom is 0.164 e. The number of hydrogen-bond acceptors (Lipinski definition) is 7. The van der Waals surface area contributed by atoms with E-state index < -0.39 is 0 Å². The second kappa shape index (κ2) is 9.71. The molecule has 7 heteroatoms. The van der Waals surface area contributed by atoms with E-state index in [-0.39, 0.29) is 6.10 Å². The molecule has 0 N–H and O–H groups in total. The number of hydrogen-bond donors (Lipinski definition) is 0. The molecule has 3 aliphatic heterocycles. The normalized spacial score (nSPS) is 26.7. The Labute approximate surface area is 159 Å². The Morgan fingerprint density at radius 3 is 1.85 bits per heavy atom. The van der Waals surface area contributed by atoms with E-state index in [9.17, 15) is 0 Å². The molecule has 27 heavy (non-hydrogen) atoms. The Morgan fingerprint density at radius 1 is 0.667 bits per heavy atom. The molecular formula is C20H28O7. The summed E-state index contributed by atoms with van der Waals surface area (Å²) in [4.78, 5) is 0. The third-order valence-electron chi connectivity index (χ3n) is 4.71. The summed E-state index contributed by atoms with van der Waals surface area (Å²) >= 11 is 0. The topological polar surface area (TPSA) is 71.2 Å². The lowest BCUT2D eigenvalue weighted by Crippen LogP contribution is -2.14. The smallest absolute Gasteiger partial charge is 0.164 e. The lowest BCUT2D eigenvalue weighted by molar-refractivity contribution is 0.00706. The van der Waals surface area contributed by atoms with Crippen molar-refractivity contribution in [2.24, 2.45) is 0 Å². The number of rotatable bonds is 4. The summed E-state index contributed by atoms with van der Waals surface area (Å²) in [6, 6.07) is 4.12. The number of benzene rings is 1. The quantitative estimate of drug-likeness (QED) is 0.731. The van der Waals surface area contributed by atoms with Gasteiger partial charge in [-0.3, -0.25) is 0 Å². The molecule has 150 valence electrons. The fourth-order valence-electron chi connectivity index (χ4n) is 3.13. The van der Waals surface area contributed by atoms with E-state index in [0.29, 0.717) is 59.0 Å². The fraction of sp³-hybridized carbons (Fsp3) is 0.700. The molecule has 7 nitrogen and oxygen atoms in total. The highest BCUT2D eigenvalue weighted by atomic mass is 16.6. The van der Waals surface area contributed by atoms with E-state index in [0.717, 1.165) is 37.6 Å². The van der Waals surface area contributed by atoms with E-state index in [1.165, 1.54) is 11.1 Å². The minimum atomic E-state index is 0.271. The second-order valence-corrected chi connectivity index (χ2v) is 6.88.